The number of nitrogens with two attached hydrogens (primary N) is 1. The molecule has 0 fully saturated rings. The number of aliphatic carboxylic acids is 1. The second-order valence-electron chi connectivity index (χ2n) is 6.83. The summed E-state index contributed by atoms with van der Waals surface area (Å²) in [7, 11) is 3.22. The lowest BCUT2D eigenvalue weighted by atomic mass is 9.94. The second-order valence-corrected chi connectivity index (χ2v) is 6.83. The fourth-order valence-corrected chi connectivity index (χ4v) is 3.47. The maximum atomic E-state index is 11.2. The molecule has 1 aromatic heterocycles. The van der Waals surface area contributed by atoms with Gasteiger partial charge in [-0.25, -0.2) is 0 Å². The van der Waals surface area contributed by atoms with Crippen molar-refractivity contribution in [3.8, 4) is 22.6 Å². The molecule has 0 spiro atoms. The van der Waals surface area contributed by atoms with Crippen LogP contribution in [-0.2, 0) is 22.6 Å². The fraction of sp³-hybridized carbons (Fsp3) is 0.304. The van der Waals surface area contributed by atoms with Gasteiger partial charge in [-0.2, -0.15) is 0 Å². The lowest BCUT2D eigenvalue weighted by molar-refractivity contribution is -0.138. The van der Waals surface area contributed by atoms with Gasteiger partial charge in [0, 0.05) is 23.8 Å². The Morgan fingerprint density at radius 1 is 1.17 bits per heavy atom. The molecule has 2 aromatic carbocycles. The number of aromatic nitrogens is 1. The summed E-state index contributed by atoms with van der Waals surface area (Å²) in [4.78, 5) is 15.8. The summed E-state index contributed by atoms with van der Waals surface area (Å²) in [5.74, 6) is 0.251. The molecule has 3 N–H and O–H groups in total. The lowest BCUT2D eigenvalue weighted by Crippen LogP contribution is -2.32. The zero-order valence-electron chi connectivity index (χ0n) is 17.3. The molecule has 3 aromatic rings. The Hall–Kier alpha value is -3.16. The van der Waals surface area contributed by atoms with E-state index in [1.165, 1.54) is 0 Å². The number of hydrogen-bond donors (Lipinski definition) is 2. The van der Waals surface area contributed by atoms with E-state index >= 15 is 0 Å². The van der Waals surface area contributed by atoms with Gasteiger partial charge >= 0.3 is 5.97 Å². The van der Waals surface area contributed by atoms with Gasteiger partial charge in [-0.15, -0.1) is 0 Å². The van der Waals surface area contributed by atoms with Gasteiger partial charge < -0.3 is 25.1 Å². The van der Waals surface area contributed by atoms with Crippen molar-refractivity contribution in [3.05, 3.63) is 53.7 Å². The predicted octanol–water partition coefficient (Wildman–Crippen LogP) is 3.41. The highest BCUT2D eigenvalue weighted by Gasteiger charge is 2.20. The number of hydrogen-bond acceptors (Lipinski definition) is 6. The van der Waals surface area contributed by atoms with E-state index < -0.39 is 12.0 Å². The Labute approximate surface area is 175 Å². The molecule has 0 aliphatic rings. The first-order valence-corrected chi connectivity index (χ1v) is 9.68. The van der Waals surface area contributed by atoms with Gasteiger partial charge in [0.05, 0.1) is 31.9 Å². The number of rotatable bonds is 9. The minimum Gasteiger partial charge on any atom is -0.496 e. The highest BCUT2D eigenvalue weighted by atomic mass is 16.5. The first kappa shape index (κ1) is 21.5. The number of fused-ring (bicyclic) bond motifs is 1. The maximum Gasteiger partial charge on any atom is 0.320 e. The number of methoxy groups -OCH3 is 2. The zero-order valence-corrected chi connectivity index (χ0v) is 17.3. The number of nitrogens with zero attached hydrogens (tertiary/aromatic N) is 1. The summed E-state index contributed by atoms with van der Waals surface area (Å²) < 4.78 is 16.9. The lowest BCUT2D eigenvalue weighted by Gasteiger charge is -2.18. The molecule has 0 saturated heterocycles. The molecule has 7 heteroatoms. The van der Waals surface area contributed by atoms with Crippen LogP contribution in [0.5, 0.6) is 11.5 Å². The average molecular weight is 410 g/mol. The van der Waals surface area contributed by atoms with Gasteiger partial charge in [0.2, 0.25) is 0 Å². The van der Waals surface area contributed by atoms with Gasteiger partial charge in [-0.05, 0) is 42.7 Å². The van der Waals surface area contributed by atoms with Crippen LogP contribution in [0.2, 0.25) is 0 Å². The van der Waals surface area contributed by atoms with Gasteiger partial charge in [0.1, 0.15) is 17.5 Å². The Morgan fingerprint density at radius 2 is 1.87 bits per heavy atom. The van der Waals surface area contributed by atoms with E-state index in [0.29, 0.717) is 24.7 Å². The zero-order chi connectivity index (χ0) is 21.7. The van der Waals surface area contributed by atoms with Crippen molar-refractivity contribution < 1.29 is 24.1 Å². The molecular weight excluding hydrogens is 384 g/mol. The van der Waals surface area contributed by atoms with Crippen molar-refractivity contribution in [2.75, 3.05) is 20.8 Å². The molecule has 7 nitrogen and oxygen atoms in total. The third-order valence-electron chi connectivity index (χ3n) is 4.92. The van der Waals surface area contributed by atoms with Crippen LogP contribution in [0.25, 0.3) is 22.0 Å². The molecule has 1 atom stereocenters. The molecule has 0 aliphatic heterocycles. The molecule has 1 heterocycles. The molecule has 0 saturated carbocycles. The number of carboxylic acids is 1. The molecule has 0 aliphatic carbocycles. The number of benzene rings is 2. The third-order valence-corrected chi connectivity index (χ3v) is 4.92. The average Bonchev–Trinajstić information content (AvgIpc) is 2.77. The predicted molar refractivity (Wildman–Crippen MR) is 115 cm³/mol. The van der Waals surface area contributed by atoms with Crippen molar-refractivity contribution in [2.24, 2.45) is 5.73 Å². The fourth-order valence-electron chi connectivity index (χ4n) is 3.47. The van der Waals surface area contributed by atoms with Gasteiger partial charge in [-0.3, -0.25) is 9.78 Å². The van der Waals surface area contributed by atoms with Crippen molar-refractivity contribution >= 4 is 16.9 Å². The van der Waals surface area contributed by atoms with Crippen LogP contribution in [0, 0.1) is 0 Å². The van der Waals surface area contributed by atoms with E-state index in [1.54, 1.807) is 20.4 Å². The van der Waals surface area contributed by atoms with Crippen LogP contribution in [0.15, 0.2) is 42.6 Å². The van der Waals surface area contributed by atoms with Crippen LogP contribution >= 0.6 is 0 Å². The van der Waals surface area contributed by atoms with E-state index in [1.807, 2.05) is 43.3 Å². The summed E-state index contributed by atoms with van der Waals surface area (Å²) in [6.07, 6.45) is 1.91. The topological polar surface area (TPSA) is 104 Å². The van der Waals surface area contributed by atoms with Crippen molar-refractivity contribution in [3.63, 3.8) is 0 Å². The first-order valence-electron chi connectivity index (χ1n) is 9.68. The van der Waals surface area contributed by atoms with Crippen LogP contribution in [-0.4, -0.2) is 42.9 Å². The van der Waals surface area contributed by atoms with Crippen LogP contribution in [0.4, 0.5) is 0 Å². The van der Waals surface area contributed by atoms with Crippen molar-refractivity contribution in [2.45, 2.75) is 26.0 Å². The van der Waals surface area contributed by atoms with E-state index in [0.717, 1.165) is 33.2 Å². The Balaban J connectivity index is 2.18. The minimum atomic E-state index is -1.04. The summed E-state index contributed by atoms with van der Waals surface area (Å²) in [6.45, 7) is 3.01. The van der Waals surface area contributed by atoms with Crippen LogP contribution in [0.3, 0.4) is 0 Å². The second kappa shape index (κ2) is 9.56. The number of ether oxygens (including phenoxy) is 3. The van der Waals surface area contributed by atoms with E-state index in [-0.39, 0.29) is 6.42 Å². The van der Waals surface area contributed by atoms with Crippen molar-refractivity contribution in [1.29, 1.82) is 0 Å². The van der Waals surface area contributed by atoms with Gasteiger partial charge in [0.15, 0.2) is 0 Å². The molecule has 158 valence electrons. The Kier molecular flexibility index (Phi) is 6.87. The summed E-state index contributed by atoms with van der Waals surface area (Å²) >= 11 is 0. The molecule has 0 radical (unpaired) electrons. The van der Waals surface area contributed by atoms with E-state index in [2.05, 4.69) is 4.98 Å². The maximum absolute atomic E-state index is 11.2. The molecule has 1 unspecified atom stereocenters. The first-order chi connectivity index (χ1) is 14.5. The SMILES string of the molecule is CCOCc1cc(OC)c(-c2ccc(CC(N)C(=O)O)c3cccnc23)c(OC)c1. The molecule has 3 rings (SSSR count). The number of pyridine rings is 1. The summed E-state index contributed by atoms with van der Waals surface area (Å²) in [5, 5.41) is 10.0. The summed E-state index contributed by atoms with van der Waals surface area (Å²) in [6, 6.07) is 10.4. The van der Waals surface area contributed by atoms with Crippen LogP contribution in [0.1, 0.15) is 18.1 Å². The standard InChI is InChI=1S/C23H26N2O5/c1-4-30-13-14-10-19(28-2)21(20(11-14)29-3)17-8-7-15(12-18(24)23(26)27)16-6-5-9-25-22(16)17/h5-11,18H,4,12-13,24H2,1-3H3,(H,26,27). The largest absolute Gasteiger partial charge is 0.496 e. The molecule has 30 heavy (non-hydrogen) atoms. The molecular formula is C23H26N2O5. The Bertz CT molecular complexity index is 1030. The monoisotopic (exact) mass is 410 g/mol. The van der Waals surface area contributed by atoms with Crippen LogP contribution < -0.4 is 15.2 Å². The van der Waals surface area contributed by atoms with Gasteiger partial charge in [-0.1, -0.05) is 18.2 Å². The molecule has 0 amide bonds. The summed E-state index contributed by atoms with van der Waals surface area (Å²) in [5.41, 5.74) is 9.86. The quantitative estimate of drug-likeness (QED) is 0.557. The number of carbonyl (C=O) groups is 1. The van der Waals surface area contributed by atoms with Crippen molar-refractivity contribution in [1.82, 2.24) is 4.98 Å². The van der Waals surface area contributed by atoms with E-state index in [9.17, 15) is 9.90 Å². The van der Waals surface area contributed by atoms with Gasteiger partial charge in [0.25, 0.3) is 0 Å². The number of carboxylic acid groups (broad SMARTS) is 1. The highest BCUT2D eigenvalue weighted by molar-refractivity contribution is 5.99. The smallest absolute Gasteiger partial charge is 0.320 e. The van der Waals surface area contributed by atoms with E-state index in [4.69, 9.17) is 19.9 Å². The minimum absolute atomic E-state index is 0.208. The third kappa shape index (κ3) is 4.37. The highest BCUT2D eigenvalue weighted by Crippen LogP contribution is 2.42. The normalized spacial score (nSPS) is 12.0. The Morgan fingerprint density at radius 3 is 2.47 bits per heavy atom. The molecule has 0 bridgehead atoms.